The van der Waals surface area contributed by atoms with Crippen LogP contribution >= 0.6 is 11.3 Å². The SMILES string of the molecule is N#CC(c1ccccc1)c1ccc(-c2cc3c(N[C@H]4CC[C@H](O)CC4)ncc(C(N)=O)c3s2)cc1. The normalized spacial score (nSPS) is 18.6. The number of benzene rings is 2. The molecule has 2 aromatic carbocycles. The van der Waals surface area contributed by atoms with Crippen molar-refractivity contribution in [3.05, 3.63) is 83.6 Å². The zero-order valence-corrected chi connectivity index (χ0v) is 20.0. The second kappa shape index (κ2) is 9.87. The zero-order valence-electron chi connectivity index (χ0n) is 19.1. The first-order valence-electron chi connectivity index (χ1n) is 11.8. The van der Waals surface area contributed by atoms with E-state index < -0.39 is 5.91 Å². The molecule has 7 heteroatoms. The molecule has 5 rings (SSSR count). The number of nitriles is 1. The van der Waals surface area contributed by atoms with Crippen molar-refractivity contribution in [2.45, 2.75) is 43.7 Å². The molecule has 1 atom stereocenters. The zero-order chi connectivity index (χ0) is 24.4. The van der Waals surface area contributed by atoms with Gasteiger partial charge in [0.25, 0.3) is 5.91 Å². The molecule has 1 amide bonds. The number of amides is 1. The largest absolute Gasteiger partial charge is 0.393 e. The molecule has 0 bridgehead atoms. The van der Waals surface area contributed by atoms with Gasteiger partial charge in [-0.1, -0.05) is 54.6 Å². The van der Waals surface area contributed by atoms with Crippen LogP contribution in [-0.2, 0) is 0 Å². The summed E-state index contributed by atoms with van der Waals surface area (Å²) in [5, 5.41) is 24.0. The van der Waals surface area contributed by atoms with E-state index in [0.29, 0.717) is 5.56 Å². The monoisotopic (exact) mass is 482 g/mol. The van der Waals surface area contributed by atoms with Gasteiger partial charge < -0.3 is 16.2 Å². The van der Waals surface area contributed by atoms with Crippen molar-refractivity contribution in [3.63, 3.8) is 0 Å². The predicted octanol–water partition coefficient (Wildman–Crippen LogP) is 5.43. The summed E-state index contributed by atoms with van der Waals surface area (Å²) in [6, 6.07) is 22.4. The average Bonchev–Trinajstić information content (AvgIpc) is 3.33. The summed E-state index contributed by atoms with van der Waals surface area (Å²) in [4.78, 5) is 17.6. The molecular formula is C28H26N4O2S. The number of aromatic nitrogens is 1. The minimum absolute atomic E-state index is 0.225. The number of carbonyl (C=O) groups is 1. The van der Waals surface area contributed by atoms with Crippen molar-refractivity contribution in [3.8, 4) is 16.5 Å². The maximum atomic E-state index is 12.1. The van der Waals surface area contributed by atoms with Gasteiger partial charge in [0.05, 0.1) is 28.4 Å². The van der Waals surface area contributed by atoms with Crippen LogP contribution in [0.5, 0.6) is 0 Å². The summed E-state index contributed by atoms with van der Waals surface area (Å²) in [5.74, 6) is -0.0967. The number of hydrogen-bond donors (Lipinski definition) is 3. The van der Waals surface area contributed by atoms with Crippen molar-refractivity contribution < 1.29 is 9.90 Å². The minimum Gasteiger partial charge on any atom is -0.393 e. The maximum Gasteiger partial charge on any atom is 0.251 e. The quantitative estimate of drug-likeness (QED) is 0.339. The van der Waals surface area contributed by atoms with E-state index in [-0.39, 0.29) is 18.1 Å². The molecule has 176 valence electrons. The van der Waals surface area contributed by atoms with Crippen LogP contribution in [0, 0.1) is 11.3 Å². The first-order valence-corrected chi connectivity index (χ1v) is 12.6. The Kier molecular flexibility index (Phi) is 6.49. The number of nitrogens with one attached hydrogen (secondary N) is 1. The molecule has 1 fully saturated rings. The van der Waals surface area contributed by atoms with E-state index in [1.165, 1.54) is 11.3 Å². The summed E-state index contributed by atoms with van der Waals surface area (Å²) in [6.45, 7) is 0. The Morgan fingerprint density at radius 3 is 2.43 bits per heavy atom. The Labute approximate surface area is 208 Å². The lowest BCUT2D eigenvalue weighted by atomic mass is 9.92. The van der Waals surface area contributed by atoms with Gasteiger partial charge in [-0.25, -0.2) is 4.98 Å². The number of anilines is 1. The number of primary amides is 1. The topological polar surface area (TPSA) is 112 Å². The summed E-state index contributed by atoms with van der Waals surface area (Å²) < 4.78 is 0.809. The molecule has 1 unspecified atom stereocenters. The highest BCUT2D eigenvalue weighted by Gasteiger charge is 2.22. The van der Waals surface area contributed by atoms with Crippen LogP contribution in [0.2, 0.25) is 0 Å². The fourth-order valence-electron chi connectivity index (χ4n) is 4.70. The Hall–Kier alpha value is -3.73. The van der Waals surface area contributed by atoms with Crippen LogP contribution in [0.15, 0.2) is 66.9 Å². The second-order valence-electron chi connectivity index (χ2n) is 8.98. The number of hydrogen-bond acceptors (Lipinski definition) is 6. The fraction of sp³-hybridized carbons (Fsp3) is 0.250. The molecule has 0 spiro atoms. The average molecular weight is 483 g/mol. The van der Waals surface area contributed by atoms with Crippen molar-refractivity contribution in [2.75, 3.05) is 5.32 Å². The summed E-state index contributed by atoms with van der Waals surface area (Å²) >= 11 is 1.51. The molecule has 2 heterocycles. The first kappa shape index (κ1) is 23.0. The molecule has 0 saturated heterocycles. The van der Waals surface area contributed by atoms with Crippen LogP contribution in [0.4, 0.5) is 5.82 Å². The van der Waals surface area contributed by atoms with Gasteiger partial charge in [0, 0.05) is 22.5 Å². The van der Waals surface area contributed by atoms with Crippen LogP contribution < -0.4 is 11.1 Å². The van der Waals surface area contributed by atoms with Crippen molar-refractivity contribution in [1.29, 1.82) is 5.26 Å². The van der Waals surface area contributed by atoms with Crippen molar-refractivity contribution >= 4 is 33.1 Å². The highest BCUT2D eigenvalue weighted by molar-refractivity contribution is 7.22. The van der Waals surface area contributed by atoms with E-state index in [9.17, 15) is 15.2 Å². The van der Waals surface area contributed by atoms with Gasteiger partial charge in [-0.05, 0) is 48.4 Å². The van der Waals surface area contributed by atoms with Gasteiger partial charge in [-0.3, -0.25) is 4.79 Å². The van der Waals surface area contributed by atoms with Crippen LogP contribution in [0.1, 0.15) is 53.1 Å². The Morgan fingerprint density at radius 2 is 1.77 bits per heavy atom. The third-order valence-corrected chi connectivity index (χ3v) is 7.87. The fourth-order valence-corrected chi connectivity index (χ4v) is 5.88. The highest BCUT2D eigenvalue weighted by Crippen LogP contribution is 2.39. The standard InChI is InChI=1S/C28H26N4O2S/c29-15-23(17-4-2-1-3-5-17)18-6-8-19(9-7-18)25-14-22-26(35-25)24(27(30)34)16-31-28(22)32-20-10-12-21(33)13-11-20/h1-9,14,16,20-21,23,33H,10-13H2,(H2,30,34)(H,31,32)/t20-,21-,23?. The third kappa shape index (κ3) is 4.76. The van der Waals surface area contributed by atoms with Gasteiger partial charge in [-0.2, -0.15) is 5.26 Å². The number of nitrogens with two attached hydrogens (primary N) is 1. The molecule has 4 aromatic rings. The molecule has 1 aliphatic carbocycles. The first-order chi connectivity index (χ1) is 17.0. The molecule has 0 radical (unpaired) electrons. The van der Waals surface area contributed by atoms with Crippen molar-refractivity contribution in [1.82, 2.24) is 4.98 Å². The predicted molar refractivity (Wildman–Crippen MR) is 139 cm³/mol. The van der Waals surface area contributed by atoms with E-state index >= 15 is 0 Å². The van der Waals surface area contributed by atoms with Gasteiger partial charge in [0.1, 0.15) is 5.82 Å². The number of nitrogens with zero attached hydrogens (tertiary/aromatic N) is 2. The third-order valence-electron chi connectivity index (χ3n) is 6.65. The number of fused-ring (bicyclic) bond motifs is 1. The molecule has 0 aliphatic heterocycles. The number of pyridine rings is 1. The Morgan fingerprint density at radius 1 is 1.09 bits per heavy atom. The Balaban J connectivity index is 1.48. The lowest BCUT2D eigenvalue weighted by molar-refractivity contribution is 0.100. The number of aliphatic hydroxyl groups is 1. The van der Waals surface area contributed by atoms with Gasteiger partial charge >= 0.3 is 0 Å². The van der Waals surface area contributed by atoms with E-state index in [4.69, 9.17) is 5.73 Å². The van der Waals surface area contributed by atoms with Crippen LogP contribution in [0.25, 0.3) is 20.5 Å². The molecular weight excluding hydrogens is 456 g/mol. The van der Waals surface area contributed by atoms with Crippen LogP contribution in [-0.4, -0.2) is 28.1 Å². The molecule has 1 aliphatic rings. The summed E-state index contributed by atoms with van der Waals surface area (Å²) in [6.07, 6.45) is 4.62. The lowest BCUT2D eigenvalue weighted by Crippen LogP contribution is -2.28. The maximum absolute atomic E-state index is 12.1. The molecule has 35 heavy (non-hydrogen) atoms. The molecule has 6 nitrogen and oxygen atoms in total. The summed E-state index contributed by atoms with van der Waals surface area (Å²) in [7, 11) is 0. The summed E-state index contributed by atoms with van der Waals surface area (Å²) in [5.41, 5.74) is 8.96. The smallest absolute Gasteiger partial charge is 0.251 e. The van der Waals surface area contributed by atoms with E-state index in [0.717, 1.165) is 63.2 Å². The lowest BCUT2D eigenvalue weighted by Gasteiger charge is -2.26. The molecule has 1 saturated carbocycles. The molecule has 2 aromatic heterocycles. The van der Waals surface area contributed by atoms with Gasteiger partial charge in [-0.15, -0.1) is 11.3 Å². The number of thiophene rings is 1. The van der Waals surface area contributed by atoms with Gasteiger partial charge in [0.2, 0.25) is 0 Å². The minimum atomic E-state index is -0.502. The van der Waals surface area contributed by atoms with E-state index in [1.54, 1.807) is 6.20 Å². The second-order valence-corrected chi connectivity index (χ2v) is 10.0. The number of rotatable bonds is 6. The number of aliphatic hydroxyl groups excluding tert-OH is 1. The van der Waals surface area contributed by atoms with E-state index in [2.05, 4.69) is 16.4 Å². The van der Waals surface area contributed by atoms with Crippen LogP contribution in [0.3, 0.4) is 0 Å². The molecule has 4 N–H and O–H groups in total. The van der Waals surface area contributed by atoms with E-state index in [1.807, 2.05) is 60.7 Å². The van der Waals surface area contributed by atoms with Crippen molar-refractivity contribution in [2.24, 2.45) is 5.73 Å². The van der Waals surface area contributed by atoms with Gasteiger partial charge in [0.15, 0.2) is 0 Å². The Bertz CT molecular complexity index is 1380. The highest BCUT2D eigenvalue weighted by atomic mass is 32.1. The number of carbonyl (C=O) groups excluding carboxylic acids is 1.